The lowest BCUT2D eigenvalue weighted by Crippen LogP contribution is -2.71. The fraction of sp³-hybridized carbons (Fsp3) is 0.143. The lowest BCUT2D eigenvalue weighted by molar-refractivity contribution is 0.129. The van der Waals surface area contributed by atoms with Crippen molar-refractivity contribution >= 4 is 29.7 Å². The third-order valence-electron chi connectivity index (χ3n) is 7.02. The molecular formula is C35H36OSi. The monoisotopic (exact) mass is 500 g/mol. The molecule has 1 atom stereocenters. The number of aliphatic hydroxyl groups is 1. The molecule has 4 aromatic carbocycles. The van der Waals surface area contributed by atoms with Gasteiger partial charge in [0.25, 0.3) is 0 Å². The summed E-state index contributed by atoms with van der Waals surface area (Å²) in [5.74, 6) is 0. The van der Waals surface area contributed by atoms with E-state index in [1.54, 1.807) is 0 Å². The molecule has 4 rings (SSSR count). The van der Waals surface area contributed by atoms with Crippen molar-refractivity contribution in [3.63, 3.8) is 0 Å². The van der Waals surface area contributed by atoms with E-state index in [-0.39, 0.29) is 0 Å². The maximum Gasteiger partial charge on any atom is 0.178 e. The van der Waals surface area contributed by atoms with Gasteiger partial charge in [0.05, 0.1) is 0 Å². The van der Waals surface area contributed by atoms with Crippen LogP contribution in [0.15, 0.2) is 151 Å². The maximum absolute atomic E-state index is 12.6. The highest BCUT2D eigenvalue weighted by Crippen LogP contribution is 2.32. The van der Waals surface area contributed by atoms with E-state index in [9.17, 15) is 5.11 Å². The predicted molar refractivity (Wildman–Crippen MR) is 162 cm³/mol. The largest absolute Gasteiger partial charge is 0.382 e. The summed E-state index contributed by atoms with van der Waals surface area (Å²) < 4.78 is 0. The van der Waals surface area contributed by atoms with Gasteiger partial charge in [-0.15, -0.1) is 0 Å². The summed E-state index contributed by atoms with van der Waals surface area (Å²) in [6, 6.07) is 42.1. The van der Waals surface area contributed by atoms with Crippen molar-refractivity contribution in [3.8, 4) is 0 Å². The van der Waals surface area contributed by atoms with Crippen LogP contribution in [0.2, 0.25) is 0 Å². The average molecular weight is 501 g/mol. The van der Waals surface area contributed by atoms with Gasteiger partial charge in [-0.3, -0.25) is 0 Å². The predicted octanol–water partition coefficient (Wildman–Crippen LogP) is 6.44. The van der Waals surface area contributed by atoms with Crippen LogP contribution in [0.25, 0.3) is 6.08 Å². The van der Waals surface area contributed by atoms with Crippen LogP contribution in [0.5, 0.6) is 0 Å². The summed E-state index contributed by atoms with van der Waals surface area (Å²) >= 11 is 0. The second kappa shape index (κ2) is 12.0. The Morgan fingerprint density at radius 1 is 0.703 bits per heavy atom. The molecule has 0 aliphatic carbocycles. The molecule has 186 valence electrons. The van der Waals surface area contributed by atoms with E-state index in [0.29, 0.717) is 6.42 Å². The second-order valence-electron chi connectivity index (χ2n) is 9.82. The Morgan fingerprint density at radius 3 is 1.51 bits per heavy atom. The normalized spacial score (nSPS) is 13.2. The Hall–Kier alpha value is -3.72. The van der Waals surface area contributed by atoms with Gasteiger partial charge >= 0.3 is 0 Å². The fourth-order valence-electron chi connectivity index (χ4n) is 5.13. The van der Waals surface area contributed by atoms with Crippen LogP contribution in [-0.4, -0.2) is 18.8 Å². The first kappa shape index (κ1) is 26.3. The van der Waals surface area contributed by atoms with Gasteiger partial charge in [-0.1, -0.05) is 146 Å². The first-order valence-electron chi connectivity index (χ1n) is 12.9. The van der Waals surface area contributed by atoms with Gasteiger partial charge in [0.2, 0.25) is 0 Å². The number of rotatable bonds is 10. The van der Waals surface area contributed by atoms with Crippen LogP contribution in [0.4, 0.5) is 0 Å². The molecule has 1 N–H and O–H groups in total. The van der Waals surface area contributed by atoms with Crippen molar-refractivity contribution in [1.82, 2.24) is 0 Å². The molecule has 0 saturated heterocycles. The van der Waals surface area contributed by atoms with Crippen molar-refractivity contribution in [3.05, 3.63) is 156 Å². The molecule has 37 heavy (non-hydrogen) atoms. The molecule has 0 fully saturated rings. The standard InChI is InChI=1S/C35H36OSi/c1-29(2)17-16-27-35(36,28-26-31-18-8-4-9-19-31)30(3)37(32-20-10-5-11-21-32,33-22-12-6-13-23-33)34-24-14-7-15-25-34/h4-15,17-26,28,36H,3,16,27H2,1-2H3/b28-26-. The zero-order valence-corrected chi connectivity index (χ0v) is 22.8. The summed E-state index contributed by atoms with van der Waals surface area (Å²) in [6.07, 6.45) is 7.53. The molecule has 0 aliphatic rings. The summed E-state index contributed by atoms with van der Waals surface area (Å²) in [5.41, 5.74) is 1.09. The average Bonchev–Trinajstić information content (AvgIpc) is 2.94. The minimum Gasteiger partial charge on any atom is -0.382 e. The van der Waals surface area contributed by atoms with E-state index in [2.05, 4.69) is 123 Å². The summed E-state index contributed by atoms with van der Waals surface area (Å²) in [6.45, 7) is 8.98. The van der Waals surface area contributed by atoms with E-state index in [1.165, 1.54) is 21.1 Å². The molecule has 0 bridgehead atoms. The van der Waals surface area contributed by atoms with Gasteiger partial charge < -0.3 is 5.11 Å². The lowest BCUT2D eigenvalue weighted by atomic mass is 9.95. The molecule has 4 aromatic rings. The highest BCUT2D eigenvalue weighted by molar-refractivity contribution is 7.16. The van der Waals surface area contributed by atoms with E-state index in [1.807, 2.05) is 30.4 Å². The van der Waals surface area contributed by atoms with E-state index >= 15 is 0 Å². The zero-order valence-electron chi connectivity index (χ0n) is 21.8. The van der Waals surface area contributed by atoms with Crippen molar-refractivity contribution in [1.29, 1.82) is 0 Å². The molecule has 0 radical (unpaired) electrons. The minimum atomic E-state index is -2.89. The number of allylic oxidation sites excluding steroid dienone is 2. The second-order valence-corrected chi connectivity index (χ2v) is 13.7. The van der Waals surface area contributed by atoms with Crippen molar-refractivity contribution < 1.29 is 5.11 Å². The molecule has 0 aliphatic heterocycles. The Bertz CT molecular complexity index is 1240. The number of hydrogen-bond donors (Lipinski definition) is 1. The fourth-order valence-corrected chi connectivity index (χ4v) is 10.1. The lowest BCUT2D eigenvalue weighted by Gasteiger charge is -2.42. The maximum atomic E-state index is 12.6. The first-order valence-corrected chi connectivity index (χ1v) is 14.9. The van der Waals surface area contributed by atoms with Gasteiger partial charge in [-0.25, -0.2) is 0 Å². The van der Waals surface area contributed by atoms with Crippen molar-refractivity contribution in [2.75, 3.05) is 0 Å². The first-order chi connectivity index (χ1) is 18.0. The topological polar surface area (TPSA) is 20.2 Å². The molecule has 1 nitrogen and oxygen atoms in total. The SMILES string of the molecule is C=C(C(O)(/C=C\c1ccccc1)CCC=C(C)C)[Si](c1ccccc1)(c1ccccc1)c1ccccc1. The smallest absolute Gasteiger partial charge is 0.178 e. The number of benzene rings is 4. The molecule has 0 aromatic heterocycles. The molecule has 0 heterocycles. The van der Waals surface area contributed by atoms with Crippen LogP contribution >= 0.6 is 0 Å². The van der Waals surface area contributed by atoms with Gasteiger partial charge in [0.1, 0.15) is 5.60 Å². The summed E-state index contributed by atoms with van der Waals surface area (Å²) in [5, 5.41) is 17.1. The molecule has 1 unspecified atom stereocenters. The zero-order chi connectivity index (χ0) is 26.1. The van der Waals surface area contributed by atoms with Crippen LogP contribution in [0, 0.1) is 0 Å². The quantitative estimate of drug-likeness (QED) is 0.151. The molecule has 0 spiro atoms. The third-order valence-corrected chi connectivity index (χ3v) is 12.0. The van der Waals surface area contributed by atoms with Gasteiger partial charge in [-0.2, -0.15) is 0 Å². The van der Waals surface area contributed by atoms with Crippen LogP contribution < -0.4 is 15.6 Å². The Labute approximate surface area is 223 Å². The van der Waals surface area contributed by atoms with Gasteiger partial charge in [0, 0.05) is 0 Å². The highest BCUT2D eigenvalue weighted by Gasteiger charge is 2.48. The highest BCUT2D eigenvalue weighted by atomic mass is 28.3. The molecule has 2 heteroatoms. The van der Waals surface area contributed by atoms with E-state index in [4.69, 9.17) is 6.58 Å². The van der Waals surface area contributed by atoms with Crippen molar-refractivity contribution in [2.24, 2.45) is 0 Å². The summed E-state index contributed by atoms with van der Waals surface area (Å²) in [7, 11) is -2.89. The Kier molecular flexibility index (Phi) is 8.55. The van der Waals surface area contributed by atoms with Crippen molar-refractivity contribution in [2.45, 2.75) is 32.3 Å². The van der Waals surface area contributed by atoms with Crippen LogP contribution in [0.1, 0.15) is 32.3 Å². The Morgan fingerprint density at radius 2 is 1.11 bits per heavy atom. The van der Waals surface area contributed by atoms with Gasteiger partial charge in [-0.05, 0) is 59.1 Å². The number of hydrogen-bond acceptors (Lipinski definition) is 1. The summed E-state index contributed by atoms with van der Waals surface area (Å²) in [4.78, 5) is 0. The van der Waals surface area contributed by atoms with Crippen LogP contribution in [0.3, 0.4) is 0 Å². The Balaban J connectivity index is 1.97. The molecular weight excluding hydrogens is 464 g/mol. The minimum absolute atomic E-state index is 0.557. The van der Waals surface area contributed by atoms with Gasteiger partial charge in [0.15, 0.2) is 8.07 Å². The third kappa shape index (κ3) is 5.82. The molecule has 0 amide bonds. The molecule has 0 saturated carbocycles. The van der Waals surface area contributed by atoms with Crippen LogP contribution in [-0.2, 0) is 0 Å². The van der Waals surface area contributed by atoms with E-state index in [0.717, 1.165) is 17.2 Å². The van der Waals surface area contributed by atoms with E-state index < -0.39 is 13.7 Å².